The van der Waals surface area contributed by atoms with Gasteiger partial charge in [-0.15, -0.1) is 6.58 Å². The largest absolute Gasteiger partial charge is 0.281 e. The van der Waals surface area contributed by atoms with Crippen LogP contribution in [0.1, 0.15) is 50.6 Å². The molecule has 19 heavy (non-hydrogen) atoms. The number of para-hydroxylation sites is 1. The molecule has 0 aliphatic rings. The van der Waals surface area contributed by atoms with Crippen LogP contribution >= 0.6 is 0 Å². The van der Waals surface area contributed by atoms with E-state index in [0.29, 0.717) is 0 Å². The maximum absolute atomic E-state index is 4.33. The van der Waals surface area contributed by atoms with Gasteiger partial charge in [0.15, 0.2) is 0 Å². The number of unbranched alkanes of at least 4 members (excludes halogenated alkanes) is 6. The van der Waals surface area contributed by atoms with Crippen LogP contribution < -0.4 is 0 Å². The predicted octanol–water partition coefficient (Wildman–Crippen LogP) is 5.02. The number of benzene rings is 1. The highest BCUT2D eigenvalue weighted by Crippen LogP contribution is 2.17. The molecule has 0 aliphatic carbocycles. The van der Waals surface area contributed by atoms with Gasteiger partial charge in [0.2, 0.25) is 0 Å². The van der Waals surface area contributed by atoms with E-state index >= 15 is 0 Å². The van der Waals surface area contributed by atoms with Crippen molar-refractivity contribution in [2.75, 3.05) is 0 Å². The van der Waals surface area contributed by atoms with Gasteiger partial charge in [-0.05, 0) is 31.7 Å². The number of hydrogen-bond donors (Lipinski definition) is 1. The van der Waals surface area contributed by atoms with Gasteiger partial charge >= 0.3 is 0 Å². The maximum Gasteiger partial charge on any atom is 0.0923 e. The summed E-state index contributed by atoms with van der Waals surface area (Å²) in [6.45, 7) is 3.75. The molecule has 0 bridgehead atoms. The molecule has 0 fully saturated rings. The minimum absolute atomic E-state index is 1.09. The van der Waals surface area contributed by atoms with Crippen molar-refractivity contribution in [1.29, 1.82) is 0 Å². The number of nitrogens with one attached hydrogen (secondary N) is 1. The number of allylic oxidation sites excluding steroid dienone is 1. The molecule has 2 nitrogen and oxygen atoms in total. The Balaban J connectivity index is 1.64. The highest BCUT2D eigenvalue weighted by atomic mass is 15.1. The highest BCUT2D eigenvalue weighted by molar-refractivity contribution is 5.81. The van der Waals surface area contributed by atoms with Gasteiger partial charge < -0.3 is 0 Å². The number of aromatic amines is 1. The molecule has 0 saturated heterocycles. The number of H-pyrrole nitrogens is 1. The SMILES string of the molecule is C=CCCCCCCCCc1[nH]nc2ccccc12. The van der Waals surface area contributed by atoms with Crippen LogP contribution in [0.25, 0.3) is 10.9 Å². The first-order valence-electron chi connectivity index (χ1n) is 7.44. The lowest BCUT2D eigenvalue weighted by Gasteiger charge is -2.01. The lowest BCUT2D eigenvalue weighted by atomic mass is 10.1. The minimum Gasteiger partial charge on any atom is -0.281 e. The lowest BCUT2D eigenvalue weighted by molar-refractivity contribution is 0.595. The summed E-state index contributed by atoms with van der Waals surface area (Å²) in [5, 5.41) is 8.79. The molecule has 102 valence electrons. The van der Waals surface area contributed by atoms with Crippen LogP contribution in [0, 0.1) is 0 Å². The van der Waals surface area contributed by atoms with Crippen molar-refractivity contribution < 1.29 is 0 Å². The summed E-state index contributed by atoms with van der Waals surface area (Å²) >= 11 is 0. The second kappa shape index (κ2) is 7.78. The zero-order valence-corrected chi connectivity index (χ0v) is 11.7. The highest BCUT2D eigenvalue weighted by Gasteiger charge is 2.03. The van der Waals surface area contributed by atoms with Crippen molar-refractivity contribution in [3.63, 3.8) is 0 Å². The summed E-state index contributed by atoms with van der Waals surface area (Å²) in [4.78, 5) is 0. The summed E-state index contributed by atoms with van der Waals surface area (Å²) in [7, 11) is 0. The first-order valence-corrected chi connectivity index (χ1v) is 7.44. The fourth-order valence-corrected chi connectivity index (χ4v) is 2.50. The first-order chi connectivity index (χ1) is 9.42. The summed E-state index contributed by atoms with van der Waals surface area (Å²) in [5.74, 6) is 0. The molecule has 0 atom stereocenters. The second-order valence-electron chi connectivity index (χ2n) is 5.17. The first kappa shape index (κ1) is 13.9. The molecule has 2 rings (SSSR count). The van der Waals surface area contributed by atoms with Crippen molar-refractivity contribution in [2.45, 2.75) is 51.4 Å². The standard InChI is InChI=1S/C17H24N2/c1-2-3-4-5-6-7-8-9-13-16-15-12-10-11-14-17(15)19-18-16/h2,10-12,14H,1,3-9,13H2,(H,18,19). The predicted molar refractivity (Wildman–Crippen MR) is 82.3 cm³/mol. The molecule has 0 radical (unpaired) electrons. The summed E-state index contributed by atoms with van der Waals surface area (Å²) in [6.07, 6.45) is 12.2. The second-order valence-corrected chi connectivity index (χ2v) is 5.17. The Hall–Kier alpha value is -1.57. The zero-order valence-electron chi connectivity index (χ0n) is 11.7. The molecule has 0 saturated carbocycles. The Labute approximate surface area is 115 Å². The number of aromatic nitrogens is 2. The van der Waals surface area contributed by atoms with Gasteiger partial charge in [-0.2, -0.15) is 5.10 Å². The van der Waals surface area contributed by atoms with Crippen LogP contribution in [0.4, 0.5) is 0 Å². The third-order valence-electron chi connectivity index (χ3n) is 3.63. The quantitative estimate of drug-likeness (QED) is 0.495. The van der Waals surface area contributed by atoms with E-state index in [2.05, 4.69) is 35.0 Å². The van der Waals surface area contributed by atoms with E-state index in [4.69, 9.17) is 0 Å². The minimum atomic E-state index is 1.09. The number of nitrogens with zero attached hydrogens (tertiary/aromatic N) is 1. The average molecular weight is 256 g/mol. The molecule has 0 spiro atoms. The van der Waals surface area contributed by atoms with Gasteiger partial charge in [-0.25, -0.2) is 0 Å². The molecule has 1 aromatic heterocycles. The van der Waals surface area contributed by atoms with Crippen LogP contribution in [0.15, 0.2) is 36.9 Å². The van der Waals surface area contributed by atoms with E-state index in [1.165, 1.54) is 56.0 Å². The van der Waals surface area contributed by atoms with Crippen molar-refractivity contribution in [1.82, 2.24) is 10.2 Å². The Morgan fingerprint density at radius 3 is 2.58 bits per heavy atom. The molecule has 1 heterocycles. The third-order valence-corrected chi connectivity index (χ3v) is 3.63. The van der Waals surface area contributed by atoms with E-state index in [9.17, 15) is 0 Å². The van der Waals surface area contributed by atoms with E-state index in [1.54, 1.807) is 0 Å². The van der Waals surface area contributed by atoms with Gasteiger partial charge in [0.25, 0.3) is 0 Å². The zero-order chi connectivity index (χ0) is 13.3. The Bertz CT molecular complexity index is 499. The summed E-state index contributed by atoms with van der Waals surface area (Å²) in [6, 6.07) is 8.34. The molecule has 1 N–H and O–H groups in total. The number of aryl methyl sites for hydroxylation is 1. The summed E-state index contributed by atoms with van der Waals surface area (Å²) < 4.78 is 0. The smallest absolute Gasteiger partial charge is 0.0923 e. The van der Waals surface area contributed by atoms with Gasteiger partial charge in [-0.1, -0.05) is 50.0 Å². The average Bonchev–Trinajstić information content (AvgIpc) is 2.85. The van der Waals surface area contributed by atoms with E-state index < -0.39 is 0 Å². The lowest BCUT2D eigenvalue weighted by Crippen LogP contribution is -1.87. The maximum atomic E-state index is 4.33. The van der Waals surface area contributed by atoms with Crippen LogP contribution in [0.3, 0.4) is 0 Å². The van der Waals surface area contributed by atoms with Crippen molar-refractivity contribution >= 4 is 10.9 Å². The Kier molecular flexibility index (Phi) is 5.67. The van der Waals surface area contributed by atoms with Gasteiger partial charge in [0.05, 0.1) is 5.52 Å². The Morgan fingerprint density at radius 2 is 1.74 bits per heavy atom. The van der Waals surface area contributed by atoms with E-state index in [-0.39, 0.29) is 0 Å². The van der Waals surface area contributed by atoms with Crippen molar-refractivity contribution in [3.8, 4) is 0 Å². The topological polar surface area (TPSA) is 28.7 Å². The van der Waals surface area contributed by atoms with Gasteiger partial charge in [0.1, 0.15) is 0 Å². The van der Waals surface area contributed by atoms with E-state index in [0.717, 1.165) is 11.9 Å². The van der Waals surface area contributed by atoms with Crippen molar-refractivity contribution in [2.24, 2.45) is 0 Å². The molecule has 0 unspecified atom stereocenters. The molecular formula is C17H24N2. The molecule has 2 aromatic rings. The van der Waals surface area contributed by atoms with Crippen LogP contribution in [0.2, 0.25) is 0 Å². The number of hydrogen-bond acceptors (Lipinski definition) is 1. The van der Waals surface area contributed by atoms with Crippen LogP contribution in [0.5, 0.6) is 0 Å². The molecule has 0 aliphatic heterocycles. The van der Waals surface area contributed by atoms with Gasteiger partial charge in [-0.3, -0.25) is 5.10 Å². The fourth-order valence-electron chi connectivity index (χ4n) is 2.50. The summed E-state index contributed by atoms with van der Waals surface area (Å²) in [5.41, 5.74) is 2.38. The van der Waals surface area contributed by atoms with Crippen molar-refractivity contribution in [3.05, 3.63) is 42.6 Å². The Morgan fingerprint density at radius 1 is 1.00 bits per heavy atom. The fraction of sp³-hybridized carbons (Fsp3) is 0.471. The van der Waals surface area contributed by atoms with Crippen LogP contribution in [-0.2, 0) is 6.42 Å². The molecule has 1 aromatic carbocycles. The van der Waals surface area contributed by atoms with E-state index in [1.807, 2.05) is 12.1 Å². The molecule has 2 heteroatoms. The normalized spacial score (nSPS) is 10.9. The van der Waals surface area contributed by atoms with Gasteiger partial charge in [0, 0.05) is 11.1 Å². The monoisotopic (exact) mass is 256 g/mol. The number of fused-ring (bicyclic) bond motifs is 1. The third kappa shape index (κ3) is 4.23. The molecule has 0 amide bonds. The number of rotatable bonds is 9. The van der Waals surface area contributed by atoms with Crippen LogP contribution in [-0.4, -0.2) is 10.2 Å². The molecular weight excluding hydrogens is 232 g/mol.